The molecule has 2 nitrogen and oxygen atoms in total. The van der Waals surface area contributed by atoms with Crippen LogP contribution in [0.4, 0.5) is 0 Å². The lowest BCUT2D eigenvalue weighted by molar-refractivity contribution is 0.157. The summed E-state index contributed by atoms with van der Waals surface area (Å²) in [5.41, 5.74) is 0. The van der Waals surface area contributed by atoms with Crippen LogP contribution in [0.15, 0.2) is 0 Å². The lowest BCUT2D eigenvalue weighted by Gasteiger charge is -2.33. The second kappa shape index (κ2) is 2.76. The predicted molar refractivity (Wildman–Crippen MR) is 46.6 cm³/mol. The monoisotopic (exact) mass is 154 g/mol. The van der Waals surface area contributed by atoms with Crippen LogP contribution < -0.4 is 0 Å². The second-order valence-corrected chi connectivity index (χ2v) is 4.17. The molecule has 0 unspecified atom stereocenters. The maximum atomic E-state index is 2.54. The quantitative estimate of drug-likeness (QED) is 0.505. The number of piperidine rings is 1. The topological polar surface area (TPSA) is 6.48 Å². The van der Waals surface area contributed by atoms with Crippen molar-refractivity contribution in [3.63, 3.8) is 0 Å². The Hall–Kier alpha value is -0.0800. The van der Waals surface area contributed by atoms with Crippen molar-refractivity contribution in [3.8, 4) is 0 Å². The van der Waals surface area contributed by atoms with Crippen molar-refractivity contribution in [2.45, 2.75) is 18.9 Å². The van der Waals surface area contributed by atoms with Crippen LogP contribution in [0, 0.1) is 5.92 Å². The first kappa shape index (κ1) is 7.56. The van der Waals surface area contributed by atoms with Gasteiger partial charge in [-0.25, -0.2) is 0 Å². The van der Waals surface area contributed by atoms with E-state index < -0.39 is 0 Å². The molecule has 0 radical (unpaired) electrons. The predicted octanol–water partition coefficient (Wildman–Crippen LogP) is 0.642. The Morgan fingerprint density at radius 2 is 2.00 bits per heavy atom. The Morgan fingerprint density at radius 1 is 1.18 bits per heavy atom. The average molecular weight is 154 g/mol. The minimum atomic E-state index is 0.869. The SMILES string of the molecule is CN1C[C@H]2CCCN(C)[C@H]2C1. The van der Waals surface area contributed by atoms with Crippen LogP contribution in [0.3, 0.4) is 0 Å². The van der Waals surface area contributed by atoms with Crippen LogP contribution >= 0.6 is 0 Å². The van der Waals surface area contributed by atoms with Crippen molar-refractivity contribution in [3.05, 3.63) is 0 Å². The third-order valence-corrected chi connectivity index (χ3v) is 3.24. The number of likely N-dealkylation sites (N-methyl/N-ethyl adjacent to an activating group) is 2. The minimum Gasteiger partial charge on any atom is -0.304 e. The number of nitrogens with zero attached hydrogens (tertiary/aromatic N) is 2. The van der Waals surface area contributed by atoms with Crippen LogP contribution in [0.25, 0.3) is 0 Å². The van der Waals surface area contributed by atoms with Gasteiger partial charge < -0.3 is 9.80 Å². The summed E-state index contributed by atoms with van der Waals surface area (Å²) in [6, 6.07) is 0.869. The zero-order chi connectivity index (χ0) is 7.84. The third kappa shape index (κ3) is 1.30. The van der Waals surface area contributed by atoms with Crippen LogP contribution in [0.5, 0.6) is 0 Å². The van der Waals surface area contributed by atoms with E-state index in [-0.39, 0.29) is 0 Å². The Bertz CT molecular complexity index is 146. The summed E-state index contributed by atoms with van der Waals surface area (Å²) in [6.07, 6.45) is 2.87. The third-order valence-electron chi connectivity index (χ3n) is 3.24. The zero-order valence-electron chi connectivity index (χ0n) is 7.58. The highest BCUT2D eigenvalue weighted by Gasteiger charge is 2.35. The van der Waals surface area contributed by atoms with Gasteiger partial charge in [-0.05, 0) is 39.4 Å². The average Bonchev–Trinajstić information content (AvgIpc) is 2.31. The Morgan fingerprint density at radius 3 is 2.73 bits per heavy atom. The van der Waals surface area contributed by atoms with Gasteiger partial charge in [0.1, 0.15) is 0 Å². The fourth-order valence-electron chi connectivity index (χ4n) is 2.62. The number of likely N-dealkylation sites (tertiary alicyclic amines) is 2. The van der Waals surface area contributed by atoms with Crippen molar-refractivity contribution in [2.75, 3.05) is 33.7 Å². The van der Waals surface area contributed by atoms with E-state index in [0.29, 0.717) is 0 Å². The second-order valence-electron chi connectivity index (χ2n) is 4.17. The normalized spacial score (nSPS) is 40.9. The highest BCUT2D eigenvalue weighted by Crippen LogP contribution is 2.28. The molecule has 2 aliphatic heterocycles. The summed E-state index contributed by atoms with van der Waals surface area (Å²) < 4.78 is 0. The van der Waals surface area contributed by atoms with Gasteiger partial charge in [-0.3, -0.25) is 0 Å². The largest absolute Gasteiger partial charge is 0.304 e. The van der Waals surface area contributed by atoms with Gasteiger partial charge in [0, 0.05) is 19.1 Å². The molecule has 2 heteroatoms. The number of hydrogen-bond acceptors (Lipinski definition) is 2. The molecule has 0 aromatic carbocycles. The summed E-state index contributed by atoms with van der Waals surface area (Å²) >= 11 is 0. The van der Waals surface area contributed by atoms with Crippen LogP contribution in [0.1, 0.15) is 12.8 Å². The summed E-state index contributed by atoms with van der Waals surface area (Å²) in [7, 11) is 4.52. The molecule has 0 spiro atoms. The van der Waals surface area contributed by atoms with E-state index in [0.717, 1.165) is 12.0 Å². The lowest BCUT2D eigenvalue weighted by atomic mass is 9.93. The van der Waals surface area contributed by atoms with Crippen LogP contribution in [-0.2, 0) is 0 Å². The van der Waals surface area contributed by atoms with E-state index >= 15 is 0 Å². The maximum Gasteiger partial charge on any atom is 0.0260 e. The van der Waals surface area contributed by atoms with E-state index in [1.165, 1.54) is 32.5 Å². The molecule has 2 heterocycles. The molecule has 0 aromatic rings. The highest BCUT2D eigenvalue weighted by atomic mass is 15.2. The standard InChI is InChI=1S/C9H18N2/c1-10-6-8-4-3-5-11(2)9(8)7-10/h8-9H,3-7H2,1-2H3/t8-,9+/m1/s1. The minimum absolute atomic E-state index is 0.869. The van der Waals surface area contributed by atoms with E-state index in [9.17, 15) is 0 Å². The van der Waals surface area contributed by atoms with Crippen molar-refractivity contribution in [2.24, 2.45) is 5.92 Å². The molecule has 0 bridgehead atoms. The van der Waals surface area contributed by atoms with Gasteiger partial charge in [0.25, 0.3) is 0 Å². The van der Waals surface area contributed by atoms with Crippen molar-refractivity contribution < 1.29 is 0 Å². The summed E-state index contributed by atoms with van der Waals surface area (Å²) in [4.78, 5) is 5.01. The molecule has 0 amide bonds. The molecule has 2 aliphatic rings. The van der Waals surface area contributed by atoms with Gasteiger partial charge in [-0.15, -0.1) is 0 Å². The highest BCUT2D eigenvalue weighted by molar-refractivity contribution is 4.91. The molecule has 0 aromatic heterocycles. The van der Waals surface area contributed by atoms with E-state index in [1.54, 1.807) is 0 Å². The van der Waals surface area contributed by atoms with Crippen LogP contribution in [-0.4, -0.2) is 49.6 Å². The van der Waals surface area contributed by atoms with Gasteiger partial charge in [-0.2, -0.15) is 0 Å². The van der Waals surface area contributed by atoms with Crippen molar-refractivity contribution >= 4 is 0 Å². The first-order valence-electron chi connectivity index (χ1n) is 4.66. The molecule has 2 fully saturated rings. The lowest BCUT2D eigenvalue weighted by Crippen LogP contribution is -2.42. The maximum absolute atomic E-state index is 2.54. The molecule has 0 N–H and O–H groups in total. The number of rotatable bonds is 0. The van der Waals surface area contributed by atoms with E-state index in [1.807, 2.05) is 0 Å². The molecule has 2 saturated heterocycles. The van der Waals surface area contributed by atoms with Gasteiger partial charge in [-0.1, -0.05) is 0 Å². The Balaban J connectivity index is 2.03. The van der Waals surface area contributed by atoms with Gasteiger partial charge in [0.05, 0.1) is 0 Å². The fraction of sp³-hybridized carbons (Fsp3) is 1.00. The zero-order valence-corrected chi connectivity index (χ0v) is 7.58. The molecule has 2 atom stereocenters. The summed E-state index contributed by atoms with van der Waals surface area (Å²) in [5.74, 6) is 0.971. The smallest absolute Gasteiger partial charge is 0.0260 e. The van der Waals surface area contributed by atoms with Gasteiger partial charge in [0.15, 0.2) is 0 Å². The summed E-state index contributed by atoms with van der Waals surface area (Å²) in [5, 5.41) is 0. The molecular weight excluding hydrogens is 136 g/mol. The molecule has 11 heavy (non-hydrogen) atoms. The van der Waals surface area contributed by atoms with Crippen molar-refractivity contribution in [1.29, 1.82) is 0 Å². The van der Waals surface area contributed by atoms with E-state index in [2.05, 4.69) is 23.9 Å². The molecular formula is C9H18N2. The Labute approximate surface area is 69.2 Å². The molecule has 2 rings (SSSR count). The van der Waals surface area contributed by atoms with Gasteiger partial charge in [0.2, 0.25) is 0 Å². The number of hydrogen-bond donors (Lipinski definition) is 0. The summed E-state index contributed by atoms with van der Waals surface area (Å²) in [6.45, 7) is 3.94. The number of fused-ring (bicyclic) bond motifs is 1. The van der Waals surface area contributed by atoms with Crippen molar-refractivity contribution in [1.82, 2.24) is 9.80 Å². The molecule has 0 saturated carbocycles. The fourth-order valence-corrected chi connectivity index (χ4v) is 2.62. The Kier molecular flexibility index (Phi) is 1.90. The van der Waals surface area contributed by atoms with Crippen LogP contribution in [0.2, 0.25) is 0 Å². The first-order chi connectivity index (χ1) is 5.27. The molecule has 64 valence electrons. The van der Waals surface area contributed by atoms with Gasteiger partial charge >= 0.3 is 0 Å². The van der Waals surface area contributed by atoms with E-state index in [4.69, 9.17) is 0 Å². The molecule has 0 aliphatic carbocycles. The first-order valence-corrected chi connectivity index (χ1v) is 4.66.